The average molecular weight is 218 g/mol. The molecule has 0 fully saturated rings. The minimum atomic E-state index is -2.91. The predicted molar refractivity (Wildman–Crippen MR) is 47.8 cm³/mol. The van der Waals surface area contributed by atoms with Gasteiger partial charge in [-0.2, -0.15) is 0 Å². The van der Waals surface area contributed by atoms with Crippen LogP contribution >= 0.6 is 0 Å². The average Bonchev–Trinajstić information content (AvgIpc) is 1.86. The highest BCUT2D eigenvalue weighted by Gasteiger charge is 1.88. The lowest BCUT2D eigenvalue weighted by atomic mass is 11.6. The Kier molecular flexibility index (Phi) is 6.53. The van der Waals surface area contributed by atoms with Gasteiger partial charge in [0.25, 0.3) is 0 Å². The first-order valence-corrected chi connectivity index (χ1v) is 6.67. The van der Waals surface area contributed by atoms with Crippen molar-refractivity contribution < 1.29 is 16.8 Å². The van der Waals surface area contributed by atoms with Gasteiger partial charge in [0.15, 0.2) is 0 Å². The molecule has 0 unspecified atom stereocenters. The van der Waals surface area contributed by atoms with Crippen LogP contribution in [0.15, 0.2) is 0 Å². The number of nitrogens with one attached hydrogen (secondary N) is 2. The lowest BCUT2D eigenvalue weighted by molar-refractivity contribution is 0.592. The number of hydrogen-bond donors (Lipinski definition) is 2. The van der Waals surface area contributed by atoms with Crippen molar-refractivity contribution >= 4 is 20.0 Å². The molecule has 0 aromatic heterocycles. The van der Waals surface area contributed by atoms with Crippen LogP contribution in [0.1, 0.15) is 0 Å². The summed E-state index contributed by atoms with van der Waals surface area (Å²) in [7, 11) is -3.08. The van der Waals surface area contributed by atoms with Gasteiger partial charge in [-0.3, -0.25) is 0 Å². The van der Waals surface area contributed by atoms with Crippen LogP contribution in [-0.2, 0) is 20.0 Å². The van der Waals surface area contributed by atoms with Crippen molar-refractivity contribution in [1.29, 1.82) is 0 Å². The van der Waals surface area contributed by atoms with Crippen LogP contribution in [-0.4, -0.2) is 43.4 Å². The smallest absolute Gasteiger partial charge is 0.208 e. The molecule has 0 radical (unpaired) electrons. The summed E-state index contributed by atoms with van der Waals surface area (Å²) in [5.74, 6) is 0. The molecular weight excluding hydrogens is 204 g/mol. The van der Waals surface area contributed by atoms with Crippen molar-refractivity contribution in [3.63, 3.8) is 0 Å². The zero-order chi connectivity index (χ0) is 10.4. The molecule has 0 amide bonds. The van der Waals surface area contributed by atoms with Gasteiger partial charge in [-0.05, 0) is 14.1 Å². The first kappa shape index (κ1) is 14.3. The van der Waals surface area contributed by atoms with Gasteiger partial charge < -0.3 is 0 Å². The van der Waals surface area contributed by atoms with Gasteiger partial charge >= 0.3 is 0 Å². The van der Waals surface area contributed by atoms with Crippen LogP contribution in [0.3, 0.4) is 0 Å². The maximum Gasteiger partial charge on any atom is 0.208 e. The van der Waals surface area contributed by atoms with E-state index >= 15 is 0 Å². The molecular formula is C4H14N2O4S2. The maximum absolute atomic E-state index is 9.89. The van der Waals surface area contributed by atoms with Gasteiger partial charge in [-0.25, -0.2) is 26.3 Å². The maximum atomic E-state index is 9.89. The summed E-state index contributed by atoms with van der Waals surface area (Å²) in [4.78, 5) is 0. The van der Waals surface area contributed by atoms with E-state index in [2.05, 4.69) is 9.44 Å². The quantitative estimate of drug-likeness (QED) is 0.579. The zero-order valence-electron chi connectivity index (χ0n) is 7.45. The van der Waals surface area contributed by atoms with Gasteiger partial charge in [-0.15, -0.1) is 0 Å². The molecule has 8 heteroatoms. The Morgan fingerprint density at radius 1 is 0.750 bits per heavy atom. The Bertz CT molecular complexity index is 259. The molecule has 0 saturated heterocycles. The third-order valence-electron chi connectivity index (χ3n) is 0.742. The number of sulfonamides is 2. The third-order valence-corrected chi connectivity index (χ3v) is 2.22. The number of rotatable bonds is 2. The van der Waals surface area contributed by atoms with Crippen molar-refractivity contribution in [3.8, 4) is 0 Å². The van der Waals surface area contributed by atoms with E-state index in [-0.39, 0.29) is 0 Å². The van der Waals surface area contributed by atoms with Crippen LogP contribution in [0.4, 0.5) is 0 Å². The first-order chi connectivity index (χ1) is 5.12. The van der Waals surface area contributed by atoms with Crippen molar-refractivity contribution in [2.75, 3.05) is 26.6 Å². The highest BCUT2D eigenvalue weighted by atomic mass is 32.2. The minimum Gasteiger partial charge on any atom is -0.219 e. The molecule has 0 aliphatic heterocycles. The lowest BCUT2D eigenvalue weighted by Crippen LogP contribution is -2.15. The Morgan fingerprint density at radius 3 is 0.833 bits per heavy atom. The van der Waals surface area contributed by atoms with Crippen molar-refractivity contribution in [2.45, 2.75) is 0 Å². The normalized spacial score (nSPS) is 11.7. The molecule has 0 aliphatic rings. The van der Waals surface area contributed by atoms with Crippen LogP contribution in [0, 0.1) is 0 Å². The van der Waals surface area contributed by atoms with E-state index in [0.717, 1.165) is 12.5 Å². The van der Waals surface area contributed by atoms with Gasteiger partial charge in [0.05, 0.1) is 12.5 Å². The molecule has 0 bridgehead atoms. The zero-order valence-corrected chi connectivity index (χ0v) is 9.08. The molecule has 0 saturated carbocycles. The summed E-state index contributed by atoms with van der Waals surface area (Å²) in [5.41, 5.74) is 0. The largest absolute Gasteiger partial charge is 0.219 e. The summed E-state index contributed by atoms with van der Waals surface area (Å²) in [5, 5.41) is 0. The Morgan fingerprint density at radius 2 is 0.833 bits per heavy atom. The van der Waals surface area contributed by atoms with E-state index in [4.69, 9.17) is 0 Å². The topological polar surface area (TPSA) is 92.3 Å². The van der Waals surface area contributed by atoms with Crippen LogP contribution < -0.4 is 9.44 Å². The van der Waals surface area contributed by atoms with Crippen LogP contribution in [0.25, 0.3) is 0 Å². The van der Waals surface area contributed by atoms with E-state index in [1.54, 1.807) is 0 Å². The van der Waals surface area contributed by atoms with Crippen LogP contribution in [0.5, 0.6) is 0 Å². The van der Waals surface area contributed by atoms with Crippen molar-refractivity contribution in [3.05, 3.63) is 0 Å². The highest BCUT2D eigenvalue weighted by molar-refractivity contribution is 7.88. The van der Waals surface area contributed by atoms with Crippen molar-refractivity contribution in [1.82, 2.24) is 9.44 Å². The fraction of sp³-hybridized carbons (Fsp3) is 1.00. The minimum absolute atomic E-state index is 1.10. The molecule has 12 heavy (non-hydrogen) atoms. The number of hydrogen-bond acceptors (Lipinski definition) is 4. The standard InChI is InChI=1S/2C2H7NO2S/c2*1-3-6(2,4)5/h2*3H,1-2H3. The van der Waals surface area contributed by atoms with Gasteiger partial charge in [0.2, 0.25) is 20.0 Å². The van der Waals surface area contributed by atoms with E-state index in [9.17, 15) is 16.8 Å². The second-order valence-corrected chi connectivity index (χ2v) is 5.86. The molecule has 0 heterocycles. The summed E-state index contributed by atoms with van der Waals surface area (Å²) >= 11 is 0. The molecule has 0 aliphatic carbocycles. The lowest BCUT2D eigenvalue weighted by Gasteiger charge is -1.85. The first-order valence-electron chi connectivity index (χ1n) is 2.89. The van der Waals surface area contributed by atoms with Crippen LogP contribution in [0.2, 0.25) is 0 Å². The molecule has 0 rings (SSSR count). The second-order valence-electron chi connectivity index (χ2n) is 1.95. The molecule has 0 aromatic carbocycles. The van der Waals surface area contributed by atoms with E-state index < -0.39 is 20.0 Å². The molecule has 0 aromatic rings. The SMILES string of the molecule is CNS(C)(=O)=O.CNS(C)(=O)=O. The van der Waals surface area contributed by atoms with E-state index in [0.29, 0.717) is 0 Å². The fourth-order valence-electron chi connectivity index (χ4n) is 0. The van der Waals surface area contributed by atoms with E-state index in [1.807, 2.05) is 0 Å². The second kappa shape index (κ2) is 5.46. The fourth-order valence-corrected chi connectivity index (χ4v) is 0. The Balaban J connectivity index is 0. The summed E-state index contributed by atoms with van der Waals surface area (Å²) < 4.78 is 43.7. The Labute approximate surface area is 73.5 Å². The third kappa shape index (κ3) is 22.6. The highest BCUT2D eigenvalue weighted by Crippen LogP contribution is 1.63. The van der Waals surface area contributed by atoms with Gasteiger partial charge in [-0.1, -0.05) is 0 Å². The van der Waals surface area contributed by atoms with E-state index in [1.165, 1.54) is 14.1 Å². The molecule has 76 valence electrons. The summed E-state index contributed by atoms with van der Waals surface area (Å²) in [6.07, 6.45) is 2.21. The monoisotopic (exact) mass is 218 g/mol. The molecule has 2 N–H and O–H groups in total. The molecule has 6 nitrogen and oxygen atoms in total. The summed E-state index contributed by atoms with van der Waals surface area (Å²) in [6.45, 7) is 0. The summed E-state index contributed by atoms with van der Waals surface area (Å²) in [6, 6.07) is 0. The van der Waals surface area contributed by atoms with Gasteiger partial charge in [0.1, 0.15) is 0 Å². The van der Waals surface area contributed by atoms with Gasteiger partial charge in [0, 0.05) is 0 Å². The predicted octanol–water partition coefficient (Wildman–Crippen LogP) is -1.67. The molecule has 0 spiro atoms. The van der Waals surface area contributed by atoms with Crippen molar-refractivity contribution in [2.24, 2.45) is 0 Å². The Hall–Kier alpha value is -0.180. The molecule has 0 atom stereocenters.